The van der Waals surface area contributed by atoms with Crippen LogP contribution >= 0.6 is 0 Å². The smallest absolute Gasteiger partial charge is 0.429 e. The Morgan fingerprint density at radius 1 is 1.15 bits per heavy atom. The van der Waals surface area contributed by atoms with E-state index in [1.165, 1.54) is 10.0 Å². The first-order chi connectivity index (χ1) is 12.8. The molecule has 0 aromatic heterocycles. The average Bonchev–Trinajstić information content (AvgIpc) is 2.59. The maximum atomic E-state index is 12.7. The summed E-state index contributed by atoms with van der Waals surface area (Å²) < 4.78 is 10.9. The molecule has 0 unspecified atom stereocenters. The number of amides is 2. The SMILES string of the molecule is C=C/C1=C/CCCN(C(=O)OCc2ccccc2)N(C(=O)OC(C)(C)C)C1. The van der Waals surface area contributed by atoms with Gasteiger partial charge in [-0.1, -0.05) is 49.1 Å². The van der Waals surface area contributed by atoms with Crippen molar-refractivity contribution in [3.8, 4) is 0 Å². The second kappa shape index (κ2) is 9.26. The van der Waals surface area contributed by atoms with Crippen LogP contribution in [0.3, 0.4) is 0 Å². The highest BCUT2D eigenvalue weighted by atomic mass is 16.6. The molecule has 6 nitrogen and oxygen atoms in total. The number of benzene rings is 1. The van der Waals surface area contributed by atoms with Crippen LogP contribution in [0.15, 0.2) is 54.6 Å². The third kappa shape index (κ3) is 6.47. The molecule has 0 radical (unpaired) electrons. The Morgan fingerprint density at radius 2 is 1.85 bits per heavy atom. The number of hydrazine groups is 1. The molecule has 0 atom stereocenters. The van der Waals surface area contributed by atoms with Crippen molar-refractivity contribution in [1.29, 1.82) is 0 Å². The number of hydrogen-bond acceptors (Lipinski definition) is 4. The van der Waals surface area contributed by atoms with E-state index in [0.29, 0.717) is 13.0 Å². The van der Waals surface area contributed by atoms with Crippen molar-refractivity contribution < 1.29 is 19.1 Å². The molecule has 2 amide bonds. The average molecular weight is 372 g/mol. The minimum atomic E-state index is -0.670. The summed E-state index contributed by atoms with van der Waals surface area (Å²) in [5, 5.41) is 2.62. The van der Waals surface area contributed by atoms with Crippen LogP contribution in [0.1, 0.15) is 39.2 Å². The number of hydrogen-bond donors (Lipinski definition) is 0. The molecule has 6 heteroatoms. The Kier molecular flexibility index (Phi) is 7.05. The van der Waals surface area contributed by atoms with Crippen molar-refractivity contribution >= 4 is 12.2 Å². The van der Waals surface area contributed by atoms with Crippen molar-refractivity contribution in [2.24, 2.45) is 0 Å². The first-order valence-corrected chi connectivity index (χ1v) is 9.10. The molecule has 0 aliphatic carbocycles. The molecule has 1 aromatic carbocycles. The van der Waals surface area contributed by atoms with Gasteiger partial charge in [0.15, 0.2) is 0 Å². The molecule has 0 N–H and O–H groups in total. The summed E-state index contributed by atoms with van der Waals surface area (Å²) in [6.07, 6.45) is 4.06. The fraction of sp³-hybridized carbons (Fsp3) is 0.429. The van der Waals surface area contributed by atoms with Crippen LogP contribution in [-0.2, 0) is 16.1 Å². The fourth-order valence-electron chi connectivity index (χ4n) is 2.58. The summed E-state index contributed by atoms with van der Waals surface area (Å²) in [5.41, 5.74) is 1.08. The minimum absolute atomic E-state index is 0.141. The second-order valence-corrected chi connectivity index (χ2v) is 7.33. The Bertz CT molecular complexity index is 692. The zero-order valence-corrected chi connectivity index (χ0v) is 16.3. The van der Waals surface area contributed by atoms with Gasteiger partial charge in [-0.2, -0.15) is 0 Å². The lowest BCUT2D eigenvalue weighted by molar-refractivity contribution is -0.0451. The van der Waals surface area contributed by atoms with Gasteiger partial charge in [0.25, 0.3) is 0 Å². The summed E-state index contributed by atoms with van der Waals surface area (Å²) >= 11 is 0. The van der Waals surface area contributed by atoms with E-state index in [0.717, 1.165) is 17.6 Å². The maximum absolute atomic E-state index is 12.7. The Morgan fingerprint density at radius 3 is 2.48 bits per heavy atom. The number of rotatable bonds is 3. The summed E-state index contributed by atoms with van der Waals surface area (Å²) in [7, 11) is 0. The number of allylic oxidation sites excluding steroid dienone is 1. The highest BCUT2D eigenvalue weighted by molar-refractivity contribution is 5.75. The van der Waals surface area contributed by atoms with Gasteiger partial charge < -0.3 is 9.47 Å². The lowest BCUT2D eigenvalue weighted by atomic mass is 10.1. The van der Waals surface area contributed by atoms with Gasteiger partial charge in [-0.15, -0.1) is 0 Å². The van der Waals surface area contributed by atoms with E-state index in [1.54, 1.807) is 26.8 Å². The number of carbonyl (C=O) groups excluding carboxylic acids is 2. The highest BCUT2D eigenvalue weighted by Gasteiger charge is 2.32. The summed E-state index contributed by atoms with van der Waals surface area (Å²) in [4.78, 5) is 25.4. The first kappa shape index (κ1) is 20.6. The molecular weight excluding hydrogens is 344 g/mol. The zero-order chi connectivity index (χ0) is 19.9. The molecule has 27 heavy (non-hydrogen) atoms. The van der Waals surface area contributed by atoms with E-state index in [4.69, 9.17) is 9.47 Å². The molecule has 1 aliphatic rings. The molecule has 0 saturated carbocycles. The van der Waals surface area contributed by atoms with Crippen molar-refractivity contribution in [2.45, 2.75) is 45.8 Å². The van der Waals surface area contributed by atoms with E-state index in [2.05, 4.69) is 6.58 Å². The normalized spacial score (nSPS) is 17.2. The largest absolute Gasteiger partial charge is 0.443 e. The summed E-state index contributed by atoms with van der Waals surface area (Å²) in [6.45, 7) is 9.87. The van der Waals surface area contributed by atoms with E-state index < -0.39 is 17.8 Å². The molecule has 1 heterocycles. The maximum Gasteiger partial charge on any atom is 0.429 e. The van der Waals surface area contributed by atoms with Gasteiger partial charge in [-0.25, -0.2) is 19.6 Å². The molecule has 1 aromatic rings. The third-order valence-electron chi connectivity index (χ3n) is 3.89. The van der Waals surface area contributed by atoms with Gasteiger partial charge >= 0.3 is 12.2 Å². The van der Waals surface area contributed by atoms with Gasteiger partial charge in [0.05, 0.1) is 6.54 Å². The van der Waals surface area contributed by atoms with Crippen LogP contribution in [0.2, 0.25) is 0 Å². The molecule has 0 bridgehead atoms. The number of carbonyl (C=O) groups is 2. The van der Waals surface area contributed by atoms with E-state index in [1.807, 2.05) is 36.4 Å². The van der Waals surface area contributed by atoms with Gasteiger partial charge in [0.1, 0.15) is 12.2 Å². The van der Waals surface area contributed by atoms with Crippen molar-refractivity contribution in [1.82, 2.24) is 10.0 Å². The lowest BCUT2D eigenvalue weighted by Gasteiger charge is -2.36. The summed E-state index contributed by atoms with van der Waals surface area (Å²) in [6, 6.07) is 9.42. The molecule has 0 fully saturated rings. The molecule has 0 spiro atoms. The summed E-state index contributed by atoms with van der Waals surface area (Å²) in [5.74, 6) is 0. The van der Waals surface area contributed by atoms with Crippen LogP contribution in [0.5, 0.6) is 0 Å². The van der Waals surface area contributed by atoms with Crippen LogP contribution < -0.4 is 0 Å². The minimum Gasteiger partial charge on any atom is -0.443 e. The van der Waals surface area contributed by atoms with E-state index >= 15 is 0 Å². The Hall–Kier alpha value is -2.76. The molecular formula is C21H28N2O4. The predicted octanol–water partition coefficient (Wildman–Crippen LogP) is 4.68. The topological polar surface area (TPSA) is 59.1 Å². The quantitative estimate of drug-likeness (QED) is 0.773. The molecule has 2 rings (SSSR count). The Balaban J connectivity index is 2.17. The first-order valence-electron chi connectivity index (χ1n) is 9.10. The van der Waals surface area contributed by atoms with E-state index in [9.17, 15) is 9.59 Å². The zero-order valence-electron chi connectivity index (χ0n) is 16.3. The third-order valence-corrected chi connectivity index (χ3v) is 3.89. The fourth-order valence-corrected chi connectivity index (χ4v) is 2.58. The second-order valence-electron chi connectivity index (χ2n) is 7.33. The molecule has 0 saturated heterocycles. The van der Waals surface area contributed by atoms with Crippen LogP contribution in [-0.4, -0.2) is 40.9 Å². The van der Waals surface area contributed by atoms with Crippen molar-refractivity contribution in [3.05, 3.63) is 60.2 Å². The predicted molar refractivity (Wildman–Crippen MR) is 104 cm³/mol. The standard InChI is InChI=1S/C21H28N2O4/c1-5-17-11-9-10-14-22(23(15-17)20(25)27-21(2,3)4)19(24)26-16-18-12-7-6-8-13-18/h5-8,11-13H,1,9-10,14-16H2,2-4H3/b17-11-. The lowest BCUT2D eigenvalue weighted by Crippen LogP contribution is -2.52. The van der Waals surface area contributed by atoms with Gasteiger partial charge in [-0.3, -0.25) is 0 Å². The monoisotopic (exact) mass is 372 g/mol. The van der Waals surface area contributed by atoms with Crippen molar-refractivity contribution in [2.75, 3.05) is 13.1 Å². The van der Waals surface area contributed by atoms with Crippen LogP contribution in [0.25, 0.3) is 0 Å². The highest BCUT2D eigenvalue weighted by Crippen LogP contribution is 2.18. The van der Waals surface area contributed by atoms with Crippen molar-refractivity contribution in [3.63, 3.8) is 0 Å². The molecule has 1 aliphatic heterocycles. The van der Waals surface area contributed by atoms with Crippen LogP contribution in [0, 0.1) is 0 Å². The van der Waals surface area contributed by atoms with Crippen LogP contribution in [0.4, 0.5) is 9.59 Å². The van der Waals surface area contributed by atoms with Gasteiger partial charge in [-0.05, 0) is 44.7 Å². The Labute approximate surface area is 161 Å². The molecule has 146 valence electrons. The number of ether oxygens (including phenoxy) is 2. The van der Waals surface area contributed by atoms with E-state index in [-0.39, 0.29) is 13.2 Å². The van der Waals surface area contributed by atoms with Gasteiger partial charge in [0.2, 0.25) is 0 Å². The number of nitrogens with zero attached hydrogens (tertiary/aromatic N) is 2. The van der Waals surface area contributed by atoms with Gasteiger partial charge in [0, 0.05) is 6.54 Å².